The number of ether oxygens (including phenoxy) is 1. The molecule has 0 bridgehead atoms. The molecule has 1 rings (SSSR count). The summed E-state index contributed by atoms with van der Waals surface area (Å²) < 4.78 is 7.54. The van der Waals surface area contributed by atoms with Crippen LogP contribution in [0.15, 0.2) is 11.3 Å². The van der Waals surface area contributed by atoms with Crippen molar-refractivity contribution >= 4 is 5.96 Å². The van der Waals surface area contributed by atoms with E-state index in [1.165, 1.54) is 6.42 Å². The zero-order chi connectivity index (χ0) is 16.0. The zero-order valence-electron chi connectivity index (χ0n) is 14.1. The molecule has 7 nitrogen and oxygen atoms in total. The molecule has 1 aromatic heterocycles. The molecular formula is C15H30N6O. The maximum absolute atomic E-state index is 5.54. The van der Waals surface area contributed by atoms with Crippen LogP contribution in [0.3, 0.4) is 0 Å². The van der Waals surface area contributed by atoms with Gasteiger partial charge in [0.1, 0.15) is 12.9 Å². The summed E-state index contributed by atoms with van der Waals surface area (Å²) in [7, 11) is 0. The molecule has 2 N–H and O–H groups in total. The van der Waals surface area contributed by atoms with Crippen molar-refractivity contribution in [3.63, 3.8) is 0 Å². The van der Waals surface area contributed by atoms with Crippen molar-refractivity contribution < 1.29 is 4.74 Å². The van der Waals surface area contributed by atoms with E-state index in [2.05, 4.69) is 46.6 Å². The molecule has 0 atom stereocenters. The van der Waals surface area contributed by atoms with Gasteiger partial charge in [-0.05, 0) is 26.7 Å². The van der Waals surface area contributed by atoms with E-state index in [1.807, 2.05) is 4.57 Å². The summed E-state index contributed by atoms with van der Waals surface area (Å²) in [6.07, 6.45) is 5.02. The van der Waals surface area contributed by atoms with E-state index >= 15 is 0 Å². The number of aryl methyl sites for hydroxylation is 1. The number of hydrogen-bond acceptors (Lipinski definition) is 4. The first-order valence-electron chi connectivity index (χ1n) is 8.28. The molecule has 0 saturated carbocycles. The second-order valence-corrected chi connectivity index (χ2v) is 4.97. The van der Waals surface area contributed by atoms with Gasteiger partial charge in [-0.15, -0.1) is 10.2 Å². The first kappa shape index (κ1) is 18.4. The first-order chi connectivity index (χ1) is 10.8. The highest BCUT2D eigenvalue weighted by molar-refractivity contribution is 5.79. The van der Waals surface area contributed by atoms with Crippen molar-refractivity contribution in [3.05, 3.63) is 12.2 Å². The fourth-order valence-electron chi connectivity index (χ4n) is 1.89. The molecule has 1 aromatic rings. The van der Waals surface area contributed by atoms with Crippen LogP contribution in [0, 0.1) is 0 Å². The number of unbranched alkanes of at least 4 members (excludes halogenated alkanes) is 1. The molecule has 1 heterocycles. The maximum Gasteiger partial charge on any atom is 0.191 e. The van der Waals surface area contributed by atoms with Crippen molar-refractivity contribution in [3.8, 4) is 0 Å². The molecule has 22 heavy (non-hydrogen) atoms. The second-order valence-electron chi connectivity index (χ2n) is 4.97. The Morgan fingerprint density at radius 3 is 2.77 bits per heavy atom. The standard InChI is InChI=1S/C15H30N6O/c1-4-7-10-22-11-8-9-17-15(16-5-2)18-12-14-20-19-13-21(14)6-3/h13H,4-12H2,1-3H3,(H2,16,17,18). The van der Waals surface area contributed by atoms with Crippen LogP contribution in [-0.2, 0) is 17.8 Å². The topological polar surface area (TPSA) is 76.4 Å². The van der Waals surface area contributed by atoms with Crippen LogP contribution in [0.2, 0.25) is 0 Å². The Bertz CT molecular complexity index is 418. The van der Waals surface area contributed by atoms with Crippen LogP contribution in [-0.4, -0.2) is 47.0 Å². The lowest BCUT2D eigenvalue weighted by Crippen LogP contribution is -2.38. The maximum atomic E-state index is 5.54. The number of hydrogen-bond donors (Lipinski definition) is 2. The highest BCUT2D eigenvalue weighted by Gasteiger charge is 2.02. The third kappa shape index (κ3) is 7.40. The first-order valence-corrected chi connectivity index (χ1v) is 8.28. The zero-order valence-corrected chi connectivity index (χ0v) is 14.1. The van der Waals surface area contributed by atoms with E-state index in [0.29, 0.717) is 6.54 Å². The summed E-state index contributed by atoms with van der Waals surface area (Å²) in [5.41, 5.74) is 0. The number of nitrogens with one attached hydrogen (secondary N) is 2. The predicted octanol–water partition coefficient (Wildman–Crippen LogP) is 1.56. The molecule has 0 aliphatic carbocycles. The van der Waals surface area contributed by atoms with Crippen LogP contribution in [0.1, 0.15) is 45.9 Å². The highest BCUT2D eigenvalue weighted by Crippen LogP contribution is 1.97. The third-order valence-electron chi connectivity index (χ3n) is 3.16. The molecule has 0 unspecified atom stereocenters. The lowest BCUT2D eigenvalue weighted by molar-refractivity contribution is 0.129. The van der Waals surface area contributed by atoms with E-state index in [9.17, 15) is 0 Å². The van der Waals surface area contributed by atoms with Crippen LogP contribution in [0.25, 0.3) is 0 Å². The van der Waals surface area contributed by atoms with Gasteiger partial charge in [0.15, 0.2) is 11.8 Å². The molecule has 0 saturated heterocycles. The quantitative estimate of drug-likeness (QED) is 0.368. The third-order valence-corrected chi connectivity index (χ3v) is 3.16. The van der Waals surface area contributed by atoms with Crippen molar-refractivity contribution in [1.82, 2.24) is 25.4 Å². The Balaban J connectivity index is 2.30. The smallest absolute Gasteiger partial charge is 0.191 e. The SMILES string of the molecule is CCCCOCCCNC(=NCc1nncn1CC)NCC. The monoisotopic (exact) mass is 310 g/mol. The van der Waals surface area contributed by atoms with Crippen molar-refractivity contribution in [2.45, 2.75) is 53.1 Å². The number of aliphatic imine (C=N–C) groups is 1. The van der Waals surface area contributed by atoms with Gasteiger partial charge in [0.25, 0.3) is 0 Å². The van der Waals surface area contributed by atoms with Gasteiger partial charge in [0.2, 0.25) is 0 Å². The van der Waals surface area contributed by atoms with Gasteiger partial charge in [0, 0.05) is 32.8 Å². The Morgan fingerprint density at radius 1 is 1.23 bits per heavy atom. The Labute approximate surface area is 133 Å². The normalized spacial score (nSPS) is 11.7. The second kappa shape index (κ2) is 12.0. The molecule has 0 spiro atoms. The fourth-order valence-corrected chi connectivity index (χ4v) is 1.89. The molecule has 7 heteroatoms. The van der Waals surface area contributed by atoms with Crippen LogP contribution >= 0.6 is 0 Å². The van der Waals surface area contributed by atoms with Crippen molar-refractivity contribution in [2.24, 2.45) is 4.99 Å². The number of guanidine groups is 1. The summed E-state index contributed by atoms with van der Waals surface area (Å²) >= 11 is 0. The minimum absolute atomic E-state index is 0.524. The Kier molecular flexibility index (Phi) is 10.0. The Hall–Kier alpha value is -1.63. The molecule has 0 aliphatic rings. The Morgan fingerprint density at radius 2 is 2.05 bits per heavy atom. The summed E-state index contributed by atoms with van der Waals surface area (Å²) in [5.74, 6) is 1.68. The lowest BCUT2D eigenvalue weighted by atomic mass is 10.4. The summed E-state index contributed by atoms with van der Waals surface area (Å²) in [5, 5.41) is 14.5. The van der Waals surface area contributed by atoms with Gasteiger partial charge in [-0.25, -0.2) is 4.99 Å². The van der Waals surface area contributed by atoms with Gasteiger partial charge in [-0.3, -0.25) is 0 Å². The fraction of sp³-hybridized carbons (Fsp3) is 0.800. The van der Waals surface area contributed by atoms with Crippen molar-refractivity contribution in [1.29, 1.82) is 0 Å². The average molecular weight is 310 g/mol. The predicted molar refractivity (Wildman–Crippen MR) is 88.9 cm³/mol. The van der Waals surface area contributed by atoms with Gasteiger partial charge >= 0.3 is 0 Å². The minimum Gasteiger partial charge on any atom is -0.381 e. The number of aromatic nitrogens is 3. The van der Waals surface area contributed by atoms with Crippen LogP contribution in [0.4, 0.5) is 0 Å². The largest absolute Gasteiger partial charge is 0.381 e. The van der Waals surface area contributed by atoms with Gasteiger partial charge in [0.05, 0.1) is 0 Å². The van der Waals surface area contributed by atoms with Crippen LogP contribution in [0.5, 0.6) is 0 Å². The van der Waals surface area contributed by atoms with Crippen molar-refractivity contribution in [2.75, 3.05) is 26.3 Å². The van der Waals surface area contributed by atoms with Gasteiger partial charge in [-0.2, -0.15) is 0 Å². The molecule has 0 aliphatic heterocycles. The number of nitrogens with zero attached hydrogens (tertiary/aromatic N) is 4. The molecule has 0 fully saturated rings. The van der Waals surface area contributed by atoms with Gasteiger partial charge in [-0.1, -0.05) is 13.3 Å². The molecule has 0 aromatic carbocycles. The number of rotatable bonds is 11. The van der Waals surface area contributed by atoms with E-state index in [0.717, 1.165) is 57.5 Å². The van der Waals surface area contributed by atoms with E-state index in [-0.39, 0.29) is 0 Å². The summed E-state index contributed by atoms with van der Waals surface area (Å²) in [6.45, 7) is 11.0. The molecule has 126 valence electrons. The van der Waals surface area contributed by atoms with E-state index in [1.54, 1.807) is 6.33 Å². The average Bonchev–Trinajstić information content (AvgIpc) is 2.99. The van der Waals surface area contributed by atoms with E-state index in [4.69, 9.17) is 4.74 Å². The summed E-state index contributed by atoms with van der Waals surface area (Å²) in [6, 6.07) is 0. The molecule has 0 radical (unpaired) electrons. The molecular weight excluding hydrogens is 280 g/mol. The van der Waals surface area contributed by atoms with Gasteiger partial charge < -0.3 is 19.9 Å². The van der Waals surface area contributed by atoms with E-state index < -0.39 is 0 Å². The summed E-state index contributed by atoms with van der Waals surface area (Å²) in [4.78, 5) is 4.54. The highest BCUT2D eigenvalue weighted by atomic mass is 16.5. The molecule has 0 amide bonds. The van der Waals surface area contributed by atoms with Crippen LogP contribution < -0.4 is 10.6 Å². The minimum atomic E-state index is 0.524. The lowest BCUT2D eigenvalue weighted by Gasteiger charge is -2.11.